The van der Waals surface area contributed by atoms with Crippen LogP contribution in [-0.2, 0) is 0 Å². The molecule has 86 valence electrons. The van der Waals surface area contributed by atoms with Gasteiger partial charge in [-0.05, 0) is 20.3 Å². The fourth-order valence-corrected chi connectivity index (χ4v) is 1.53. The maximum Gasteiger partial charge on any atom is 0.0636 e. The van der Waals surface area contributed by atoms with Crippen molar-refractivity contribution in [2.24, 2.45) is 0 Å². The topological polar surface area (TPSA) is 32.3 Å². The van der Waals surface area contributed by atoms with Gasteiger partial charge in [-0.2, -0.15) is 0 Å². The van der Waals surface area contributed by atoms with Crippen LogP contribution in [0.4, 0.5) is 0 Å². The normalized spacial score (nSPS) is 15.4. The van der Waals surface area contributed by atoms with Crippen molar-refractivity contribution in [3.8, 4) is 0 Å². The summed E-state index contributed by atoms with van der Waals surface area (Å²) in [6.07, 6.45) is 7.74. The third kappa shape index (κ3) is 10.0. The summed E-state index contributed by atoms with van der Waals surface area (Å²) >= 11 is 0. The zero-order chi connectivity index (χ0) is 10.8. The summed E-state index contributed by atoms with van der Waals surface area (Å²) in [5, 5.41) is 12.4. The largest absolute Gasteiger partial charge is 0.392 e. The molecule has 0 heterocycles. The van der Waals surface area contributed by atoms with Gasteiger partial charge < -0.3 is 10.4 Å². The van der Waals surface area contributed by atoms with E-state index < -0.39 is 0 Å². The lowest BCUT2D eigenvalue weighted by molar-refractivity contribution is 0.186. The molecule has 0 aromatic carbocycles. The van der Waals surface area contributed by atoms with Gasteiger partial charge >= 0.3 is 0 Å². The lowest BCUT2D eigenvalue weighted by Gasteiger charge is -2.14. The molecule has 0 saturated heterocycles. The van der Waals surface area contributed by atoms with Gasteiger partial charge in [0, 0.05) is 12.6 Å². The molecule has 0 aliphatic heterocycles. The van der Waals surface area contributed by atoms with Crippen LogP contribution in [0.15, 0.2) is 0 Å². The lowest BCUT2D eigenvalue weighted by atomic mass is 10.1. The molecule has 0 aliphatic carbocycles. The van der Waals surface area contributed by atoms with E-state index in [0.29, 0.717) is 6.04 Å². The minimum atomic E-state index is -0.224. The summed E-state index contributed by atoms with van der Waals surface area (Å²) in [6, 6.07) is 0.547. The Hall–Kier alpha value is -0.0800. The van der Waals surface area contributed by atoms with Crippen LogP contribution in [0.3, 0.4) is 0 Å². The molecular weight excluding hydrogens is 174 g/mol. The fraction of sp³-hybridized carbons (Fsp3) is 1.00. The van der Waals surface area contributed by atoms with Crippen molar-refractivity contribution in [1.29, 1.82) is 0 Å². The molecule has 2 atom stereocenters. The SMILES string of the molecule is CCCCCCC[C@H](C)NC[C@@H](C)O. The number of unbranched alkanes of at least 4 members (excludes halogenated alkanes) is 4. The second kappa shape index (κ2) is 9.47. The Bertz CT molecular complexity index is 115. The van der Waals surface area contributed by atoms with E-state index in [1.54, 1.807) is 0 Å². The summed E-state index contributed by atoms with van der Waals surface area (Å²) < 4.78 is 0. The van der Waals surface area contributed by atoms with Gasteiger partial charge in [-0.1, -0.05) is 39.0 Å². The quantitative estimate of drug-likeness (QED) is 0.562. The van der Waals surface area contributed by atoms with Crippen molar-refractivity contribution < 1.29 is 5.11 Å². The molecule has 14 heavy (non-hydrogen) atoms. The van der Waals surface area contributed by atoms with Crippen LogP contribution in [0.2, 0.25) is 0 Å². The number of hydrogen-bond acceptors (Lipinski definition) is 2. The zero-order valence-electron chi connectivity index (χ0n) is 10.1. The van der Waals surface area contributed by atoms with Crippen LogP contribution < -0.4 is 5.32 Å². The summed E-state index contributed by atoms with van der Waals surface area (Å²) in [6.45, 7) is 6.98. The van der Waals surface area contributed by atoms with Crippen molar-refractivity contribution >= 4 is 0 Å². The van der Waals surface area contributed by atoms with Gasteiger partial charge in [0.1, 0.15) is 0 Å². The van der Waals surface area contributed by atoms with E-state index in [4.69, 9.17) is 5.11 Å². The Balaban J connectivity index is 3.14. The van der Waals surface area contributed by atoms with Crippen molar-refractivity contribution in [2.45, 2.75) is 71.4 Å². The summed E-state index contributed by atoms with van der Waals surface area (Å²) in [4.78, 5) is 0. The van der Waals surface area contributed by atoms with Gasteiger partial charge in [-0.25, -0.2) is 0 Å². The Kier molecular flexibility index (Phi) is 9.42. The highest BCUT2D eigenvalue weighted by molar-refractivity contribution is 4.62. The Morgan fingerprint density at radius 1 is 1.07 bits per heavy atom. The van der Waals surface area contributed by atoms with Gasteiger partial charge in [0.15, 0.2) is 0 Å². The summed E-state index contributed by atoms with van der Waals surface area (Å²) in [7, 11) is 0. The first kappa shape index (κ1) is 13.9. The van der Waals surface area contributed by atoms with Gasteiger partial charge in [-0.3, -0.25) is 0 Å². The molecule has 0 aromatic heterocycles. The second-order valence-electron chi connectivity index (χ2n) is 4.36. The molecule has 2 nitrogen and oxygen atoms in total. The predicted molar refractivity (Wildman–Crippen MR) is 62.5 cm³/mol. The fourth-order valence-electron chi connectivity index (χ4n) is 1.53. The maximum atomic E-state index is 9.08. The van der Waals surface area contributed by atoms with E-state index in [1.807, 2.05) is 6.92 Å². The molecule has 0 aliphatic rings. The number of nitrogens with one attached hydrogen (secondary N) is 1. The van der Waals surface area contributed by atoms with Crippen LogP contribution in [0, 0.1) is 0 Å². The van der Waals surface area contributed by atoms with Crippen LogP contribution >= 0.6 is 0 Å². The Labute approximate surface area is 89.1 Å². The summed E-state index contributed by atoms with van der Waals surface area (Å²) in [5.74, 6) is 0. The molecule has 0 bridgehead atoms. The van der Waals surface area contributed by atoms with Gasteiger partial charge in [0.2, 0.25) is 0 Å². The molecule has 0 aromatic rings. The highest BCUT2D eigenvalue weighted by atomic mass is 16.3. The molecule has 0 rings (SSSR count). The lowest BCUT2D eigenvalue weighted by Crippen LogP contribution is -2.32. The van der Waals surface area contributed by atoms with Crippen LogP contribution in [0.1, 0.15) is 59.3 Å². The number of aliphatic hydroxyl groups excluding tert-OH is 1. The first-order valence-corrected chi connectivity index (χ1v) is 6.08. The van der Waals surface area contributed by atoms with Crippen LogP contribution in [0.5, 0.6) is 0 Å². The van der Waals surface area contributed by atoms with Crippen molar-refractivity contribution in [1.82, 2.24) is 5.32 Å². The van der Waals surface area contributed by atoms with Gasteiger partial charge in [0.25, 0.3) is 0 Å². The third-order valence-electron chi connectivity index (χ3n) is 2.50. The second-order valence-corrected chi connectivity index (χ2v) is 4.36. The van der Waals surface area contributed by atoms with Gasteiger partial charge in [0.05, 0.1) is 6.10 Å². The molecule has 0 radical (unpaired) electrons. The third-order valence-corrected chi connectivity index (χ3v) is 2.50. The molecule has 0 spiro atoms. The van der Waals surface area contributed by atoms with E-state index in [0.717, 1.165) is 6.54 Å². The zero-order valence-corrected chi connectivity index (χ0v) is 10.1. The minimum Gasteiger partial charge on any atom is -0.392 e. The molecule has 2 heteroatoms. The number of aliphatic hydroxyl groups is 1. The van der Waals surface area contributed by atoms with E-state index >= 15 is 0 Å². The molecule has 2 N–H and O–H groups in total. The molecular formula is C12H27NO. The number of rotatable bonds is 9. The highest BCUT2D eigenvalue weighted by Gasteiger charge is 2.02. The molecule has 0 amide bonds. The van der Waals surface area contributed by atoms with E-state index in [-0.39, 0.29) is 6.10 Å². The molecule has 0 saturated carbocycles. The van der Waals surface area contributed by atoms with E-state index in [2.05, 4.69) is 19.2 Å². The van der Waals surface area contributed by atoms with Crippen molar-refractivity contribution in [3.05, 3.63) is 0 Å². The van der Waals surface area contributed by atoms with Crippen LogP contribution in [0.25, 0.3) is 0 Å². The standard InChI is InChI=1S/C12H27NO/c1-4-5-6-7-8-9-11(2)13-10-12(3)14/h11-14H,4-10H2,1-3H3/t11-,12+/m0/s1. The average Bonchev–Trinajstić information content (AvgIpc) is 2.14. The van der Waals surface area contributed by atoms with Crippen molar-refractivity contribution in [2.75, 3.05) is 6.54 Å². The van der Waals surface area contributed by atoms with Crippen molar-refractivity contribution in [3.63, 3.8) is 0 Å². The molecule has 0 unspecified atom stereocenters. The monoisotopic (exact) mass is 201 g/mol. The van der Waals surface area contributed by atoms with E-state index in [1.165, 1.54) is 38.5 Å². The van der Waals surface area contributed by atoms with Crippen LogP contribution in [-0.4, -0.2) is 23.8 Å². The first-order chi connectivity index (χ1) is 6.66. The smallest absolute Gasteiger partial charge is 0.0636 e. The Morgan fingerprint density at radius 2 is 1.71 bits per heavy atom. The number of hydrogen-bond donors (Lipinski definition) is 2. The first-order valence-electron chi connectivity index (χ1n) is 6.08. The minimum absolute atomic E-state index is 0.224. The highest BCUT2D eigenvalue weighted by Crippen LogP contribution is 2.06. The summed E-state index contributed by atoms with van der Waals surface area (Å²) in [5.41, 5.74) is 0. The Morgan fingerprint density at radius 3 is 2.29 bits per heavy atom. The van der Waals surface area contributed by atoms with Gasteiger partial charge in [-0.15, -0.1) is 0 Å². The predicted octanol–water partition coefficient (Wildman–Crippen LogP) is 2.71. The van der Waals surface area contributed by atoms with E-state index in [9.17, 15) is 0 Å². The maximum absolute atomic E-state index is 9.08. The average molecular weight is 201 g/mol. The molecule has 0 fully saturated rings.